The second-order valence-electron chi connectivity index (χ2n) is 2.91. The number of hydrogen-bond donors (Lipinski definition) is 0. The van der Waals surface area contributed by atoms with Crippen molar-refractivity contribution in [2.75, 3.05) is 0 Å². The average Bonchev–Trinajstić information content (AvgIpc) is 1.99. The minimum atomic E-state index is 0.830. The van der Waals surface area contributed by atoms with Gasteiger partial charge in [0.2, 0.25) is 0 Å². The van der Waals surface area contributed by atoms with E-state index in [4.69, 9.17) is 0 Å². The molecule has 0 fully saturated rings. The molecule has 0 aromatic rings. The van der Waals surface area contributed by atoms with E-state index in [1.807, 2.05) is 6.08 Å². The van der Waals surface area contributed by atoms with Crippen molar-refractivity contribution in [3.05, 3.63) is 24.8 Å². The second kappa shape index (κ2) is 5.28. The van der Waals surface area contributed by atoms with Crippen molar-refractivity contribution in [3.8, 4) is 0 Å². The predicted octanol–water partition coefficient (Wildman–Crippen LogP) is 3.55. The highest BCUT2D eigenvalue weighted by Gasteiger charge is 1.97. The summed E-state index contributed by atoms with van der Waals surface area (Å²) in [6.07, 6.45) is 5.48. The Morgan fingerprint density at radius 3 is 2.60 bits per heavy atom. The van der Waals surface area contributed by atoms with Gasteiger partial charge >= 0.3 is 0 Å². The molecule has 58 valence electrons. The zero-order valence-corrected chi connectivity index (χ0v) is 7.19. The maximum atomic E-state index is 3.86. The van der Waals surface area contributed by atoms with Gasteiger partial charge in [-0.25, -0.2) is 0 Å². The minimum absolute atomic E-state index is 0.830. The number of allylic oxidation sites excluding steroid dienone is 2. The van der Waals surface area contributed by atoms with E-state index < -0.39 is 0 Å². The van der Waals surface area contributed by atoms with Crippen LogP contribution in [0, 0.1) is 5.92 Å². The first-order valence-electron chi connectivity index (χ1n) is 4.00. The highest BCUT2D eigenvalue weighted by Crippen LogP contribution is 2.13. The fourth-order valence-corrected chi connectivity index (χ4v) is 0.738. The fourth-order valence-electron chi connectivity index (χ4n) is 0.738. The Morgan fingerprint density at radius 1 is 1.60 bits per heavy atom. The molecular formula is C10H18. The summed E-state index contributed by atoms with van der Waals surface area (Å²) in [7, 11) is 0. The van der Waals surface area contributed by atoms with Gasteiger partial charge in [0.05, 0.1) is 0 Å². The minimum Gasteiger partial charge on any atom is -0.0988 e. The van der Waals surface area contributed by atoms with Gasteiger partial charge in [-0.05, 0) is 18.8 Å². The summed E-state index contributed by atoms with van der Waals surface area (Å²) in [5, 5.41) is 0. The summed E-state index contributed by atoms with van der Waals surface area (Å²) in [6, 6.07) is 0. The van der Waals surface area contributed by atoms with E-state index in [0.717, 1.165) is 12.3 Å². The standard InChI is InChI=1S/C10H18/c1-5-9(3)7-8-10(4)6-2/h5,10H,1,3,6-8H2,2,4H3. The Hall–Kier alpha value is -0.520. The zero-order valence-electron chi connectivity index (χ0n) is 7.19. The van der Waals surface area contributed by atoms with Gasteiger partial charge in [0.1, 0.15) is 0 Å². The van der Waals surface area contributed by atoms with Gasteiger partial charge in [0.15, 0.2) is 0 Å². The van der Waals surface area contributed by atoms with Crippen LogP contribution in [0.15, 0.2) is 24.8 Å². The number of hydrogen-bond acceptors (Lipinski definition) is 0. The first-order chi connectivity index (χ1) is 4.70. The van der Waals surface area contributed by atoms with Crippen LogP contribution in [0.1, 0.15) is 33.1 Å². The molecule has 0 saturated carbocycles. The van der Waals surface area contributed by atoms with E-state index in [2.05, 4.69) is 27.0 Å². The monoisotopic (exact) mass is 138 g/mol. The average molecular weight is 138 g/mol. The van der Waals surface area contributed by atoms with E-state index >= 15 is 0 Å². The fraction of sp³-hybridized carbons (Fsp3) is 0.600. The van der Waals surface area contributed by atoms with E-state index in [9.17, 15) is 0 Å². The zero-order chi connectivity index (χ0) is 7.98. The molecule has 1 unspecified atom stereocenters. The third-order valence-electron chi connectivity index (χ3n) is 1.94. The Bertz CT molecular complexity index is 111. The molecule has 0 aromatic heterocycles. The van der Waals surface area contributed by atoms with Gasteiger partial charge in [-0.15, -0.1) is 0 Å². The van der Waals surface area contributed by atoms with E-state index in [1.165, 1.54) is 18.4 Å². The molecule has 0 nitrogen and oxygen atoms in total. The summed E-state index contributed by atoms with van der Waals surface area (Å²) in [5.41, 5.74) is 1.17. The van der Waals surface area contributed by atoms with Gasteiger partial charge in [0.25, 0.3) is 0 Å². The van der Waals surface area contributed by atoms with Crippen molar-refractivity contribution in [3.63, 3.8) is 0 Å². The van der Waals surface area contributed by atoms with Crippen molar-refractivity contribution >= 4 is 0 Å². The molecule has 0 aromatic carbocycles. The molecule has 0 amide bonds. The molecule has 0 heterocycles. The quantitative estimate of drug-likeness (QED) is 0.510. The third-order valence-corrected chi connectivity index (χ3v) is 1.94. The summed E-state index contributed by atoms with van der Waals surface area (Å²) >= 11 is 0. The predicted molar refractivity (Wildman–Crippen MR) is 48.0 cm³/mol. The molecule has 1 atom stereocenters. The maximum Gasteiger partial charge on any atom is -0.0282 e. The highest BCUT2D eigenvalue weighted by atomic mass is 14.0. The Labute approximate surface area is 64.6 Å². The summed E-state index contributed by atoms with van der Waals surface area (Å²) in [6.45, 7) is 12.0. The molecule has 0 radical (unpaired) electrons. The van der Waals surface area contributed by atoms with Crippen molar-refractivity contribution in [1.82, 2.24) is 0 Å². The molecular weight excluding hydrogens is 120 g/mol. The molecule has 0 saturated heterocycles. The van der Waals surface area contributed by atoms with Crippen LogP contribution in [0.2, 0.25) is 0 Å². The van der Waals surface area contributed by atoms with Crippen LogP contribution >= 0.6 is 0 Å². The van der Waals surface area contributed by atoms with Gasteiger partial charge in [-0.2, -0.15) is 0 Å². The van der Waals surface area contributed by atoms with E-state index in [0.29, 0.717) is 0 Å². The van der Waals surface area contributed by atoms with Crippen LogP contribution in [-0.2, 0) is 0 Å². The smallest absolute Gasteiger partial charge is 0.0282 e. The van der Waals surface area contributed by atoms with Crippen molar-refractivity contribution in [1.29, 1.82) is 0 Å². The van der Waals surface area contributed by atoms with Crippen LogP contribution < -0.4 is 0 Å². The van der Waals surface area contributed by atoms with Crippen LogP contribution in [0.4, 0.5) is 0 Å². The van der Waals surface area contributed by atoms with Crippen molar-refractivity contribution < 1.29 is 0 Å². The molecule has 0 aliphatic carbocycles. The van der Waals surface area contributed by atoms with E-state index in [-0.39, 0.29) is 0 Å². The van der Waals surface area contributed by atoms with Gasteiger partial charge < -0.3 is 0 Å². The Kier molecular flexibility index (Phi) is 5.00. The van der Waals surface area contributed by atoms with Crippen LogP contribution in [-0.4, -0.2) is 0 Å². The SMILES string of the molecule is C=CC(=C)CCC(C)CC. The molecule has 0 rings (SSSR count). The molecule has 0 aliphatic rings. The van der Waals surface area contributed by atoms with Gasteiger partial charge in [0, 0.05) is 0 Å². The normalized spacial score (nSPS) is 12.6. The van der Waals surface area contributed by atoms with Gasteiger partial charge in [-0.3, -0.25) is 0 Å². The molecule has 0 aliphatic heterocycles. The summed E-state index contributed by atoms with van der Waals surface area (Å²) in [4.78, 5) is 0. The third kappa shape index (κ3) is 4.37. The first kappa shape index (κ1) is 9.48. The largest absolute Gasteiger partial charge is 0.0988 e. The maximum absolute atomic E-state index is 3.86. The molecule has 0 spiro atoms. The molecule has 0 N–H and O–H groups in total. The molecule has 0 bridgehead atoms. The highest BCUT2D eigenvalue weighted by molar-refractivity contribution is 5.10. The lowest BCUT2D eigenvalue weighted by molar-refractivity contribution is 0.518. The Balaban J connectivity index is 3.34. The lowest BCUT2D eigenvalue weighted by Gasteiger charge is -2.06. The lowest BCUT2D eigenvalue weighted by Crippen LogP contribution is -1.91. The number of rotatable bonds is 5. The first-order valence-corrected chi connectivity index (χ1v) is 4.00. The van der Waals surface area contributed by atoms with Crippen LogP contribution in [0.25, 0.3) is 0 Å². The summed E-state index contributed by atoms with van der Waals surface area (Å²) in [5.74, 6) is 0.830. The second-order valence-corrected chi connectivity index (χ2v) is 2.91. The topological polar surface area (TPSA) is 0 Å². The van der Waals surface area contributed by atoms with Crippen molar-refractivity contribution in [2.24, 2.45) is 5.92 Å². The van der Waals surface area contributed by atoms with Crippen LogP contribution in [0.3, 0.4) is 0 Å². The van der Waals surface area contributed by atoms with E-state index in [1.54, 1.807) is 0 Å². The van der Waals surface area contributed by atoms with Crippen molar-refractivity contribution in [2.45, 2.75) is 33.1 Å². The van der Waals surface area contributed by atoms with Crippen LogP contribution in [0.5, 0.6) is 0 Å². The Morgan fingerprint density at radius 2 is 2.20 bits per heavy atom. The summed E-state index contributed by atoms with van der Waals surface area (Å²) < 4.78 is 0. The molecule has 10 heavy (non-hydrogen) atoms. The van der Waals surface area contributed by atoms with Gasteiger partial charge in [-0.1, -0.05) is 45.1 Å². The molecule has 0 heteroatoms. The lowest BCUT2D eigenvalue weighted by atomic mass is 10.00.